The summed E-state index contributed by atoms with van der Waals surface area (Å²) < 4.78 is 11.2. The van der Waals surface area contributed by atoms with Crippen molar-refractivity contribution in [2.75, 3.05) is 27.8 Å². The second-order valence-electron chi connectivity index (χ2n) is 3.14. The van der Waals surface area contributed by atoms with Crippen LogP contribution in [0.4, 0.5) is 0 Å². The monoisotopic (exact) mass is 287 g/mol. The summed E-state index contributed by atoms with van der Waals surface area (Å²) in [6.07, 6.45) is 0. The van der Waals surface area contributed by atoms with Gasteiger partial charge in [0.1, 0.15) is 17.1 Å². The number of hydrogen-bond acceptors (Lipinski definition) is 4. The molecule has 0 aliphatic carbocycles. The number of benzene rings is 1. The number of Topliss-reactive ketones (excluding diaryl/α,β-unsaturated/α-hetero) is 1. The predicted molar refractivity (Wildman–Crippen MR) is 65.5 cm³/mol. The van der Waals surface area contributed by atoms with Crippen LogP contribution < -0.4 is 14.8 Å². The summed E-state index contributed by atoms with van der Waals surface area (Å²) in [6.45, 7) is 0.244. The van der Waals surface area contributed by atoms with Gasteiger partial charge >= 0.3 is 0 Å². The maximum absolute atomic E-state index is 11.9. The Labute approximate surface area is 103 Å². The Morgan fingerprint density at radius 2 is 1.81 bits per heavy atom. The van der Waals surface area contributed by atoms with Crippen molar-refractivity contribution in [1.29, 1.82) is 0 Å². The minimum absolute atomic E-state index is 0.0660. The Morgan fingerprint density at radius 1 is 1.31 bits per heavy atom. The number of ether oxygens (including phenoxy) is 2. The van der Waals surface area contributed by atoms with Gasteiger partial charge in [0.05, 0.1) is 20.8 Å². The Hall–Kier alpha value is -1.07. The largest absolute Gasteiger partial charge is 0.496 e. The van der Waals surface area contributed by atoms with Crippen molar-refractivity contribution < 1.29 is 14.3 Å². The summed E-state index contributed by atoms with van der Waals surface area (Å²) in [5, 5.41) is 2.81. The van der Waals surface area contributed by atoms with Gasteiger partial charge in [0.25, 0.3) is 0 Å². The van der Waals surface area contributed by atoms with Crippen LogP contribution in [0.5, 0.6) is 11.5 Å². The molecule has 0 amide bonds. The van der Waals surface area contributed by atoms with Crippen molar-refractivity contribution in [1.82, 2.24) is 5.32 Å². The summed E-state index contributed by atoms with van der Waals surface area (Å²) >= 11 is 3.33. The average Bonchev–Trinajstić information content (AvgIpc) is 2.27. The lowest BCUT2D eigenvalue weighted by Gasteiger charge is -2.12. The minimum Gasteiger partial charge on any atom is -0.496 e. The lowest BCUT2D eigenvalue weighted by Crippen LogP contribution is -2.19. The first kappa shape index (κ1) is 13.0. The number of nitrogens with one attached hydrogen (secondary N) is 1. The van der Waals surface area contributed by atoms with Gasteiger partial charge in [0.15, 0.2) is 5.78 Å². The van der Waals surface area contributed by atoms with Gasteiger partial charge in [-0.05, 0) is 19.2 Å². The molecule has 1 aromatic carbocycles. The van der Waals surface area contributed by atoms with E-state index in [1.165, 1.54) is 14.2 Å². The average molecular weight is 288 g/mol. The topological polar surface area (TPSA) is 47.6 Å². The van der Waals surface area contributed by atoms with Crippen LogP contribution in [-0.2, 0) is 0 Å². The molecular weight excluding hydrogens is 274 g/mol. The van der Waals surface area contributed by atoms with Gasteiger partial charge in [0.2, 0.25) is 0 Å². The lowest BCUT2D eigenvalue weighted by molar-refractivity contribution is 0.0987. The fourth-order valence-corrected chi connectivity index (χ4v) is 1.82. The molecule has 0 spiro atoms. The predicted octanol–water partition coefficient (Wildman–Crippen LogP) is 1.87. The number of halogens is 1. The molecule has 1 N–H and O–H groups in total. The smallest absolute Gasteiger partial charge is 0.184 e. The second kappa shape index (κ2) is 5.86. The molecule has 0 saturated carbocycles. The van der Waals surface area contributed by atoms with Crippen molar-refractivity contribution >= 4 is 21.7 Å². The van der Waals surface area contributed by atoms with E-state index in [0.29, 0.717) is 17.1 Å². The van der Waals surface area contributed by atoms with Crippen LogP contribution in [0.2, 0.25) is 0 Å². The minimum atomic E-state index is -0.0660. The van der Waals surface area contributed by atoms with E-state index < -0.39 is 0 Å². The van der Waals surface area contributed by atoms with E-state index in [9.17, 15) is 4.79 Å². The zero-order chi connectivity index (χ0) is 12.1. The van der Waals surface area contributed by atoms with E-state index >= 15 is 0 Å². The zero-order valence-electron chi connectivity index (χ0n) is 9.46. The molecular formula is C11H14BrNO3. The standard InChI is InChI=1S/C11H14BrNO3/c1-13-6-8(14)11-9(15-2)4-7(12)5-10(11)16-3/h4-5,13H,6H2,1-3H3. The highest BCUT2D eigenvalue weighted by Crippen LogP contribution is 2.33. The maximum atomic E-state index is 11.9. The number of carbonyl (C=O) groups is 1. The molecule has 0 bridgehead atoms. The van der Waals surface area contributed by atoms with Gasteiger partial charge < -0.3 is 14.8 Å². The number of methoxy groups -OCH3 is 2. The fourth-order valence-electron chi connectivity index (χ4n) is 1.40. The third-order valence-corrected chi connectivity index (χ3v) is 2.54. The van der Waals surface area contributed by atoms with E-state index in [0.717, 1.165) is 4.47 Å². The molecule has 0 atom stereocenters. The van der Waals surface area contributed by atoms with Gasteiger partial charge in [0, 0.05) is 4.47 Å². The van der Waals surface area contributed by atoms with E-state index in [1.807, 2.05) is 0 Å². The molecule has 0 radical (unpaired) electrons. The summed E-state index contributed by atoms with van der Waals surface area (Å²) in [7, 11) is 4.77. The molecule has 0 heterocycles. The first-order valence-electron chi connectivity index (χ1n) is 4.73. The summed E-state index contributed by atoms with van der Waals surface area (Å²) in [4.78, 5) is 11.9. The van der Waals surface area contributed by atoms with Crippen LogP contribution >= 0.6 is 15.9 Å². The van der Waals surface area contributed by atoms with Crippen LogP contribution in [0.15, 0.2) is 16.6 Å². The van der Waals surface area contributed by atoms with E-state index in [2.05, 4.69) is 21.2 Å². The molecule has 0 aromatic heterocycles. The van der Waals surface area contributed by atoms with E-state index in [1.54, 1.807) is 19.2 Å². The van der Waals surface area contributed by atoms with Crippen LogP contribution in [0.1, 0.15) is 10.4 Å². The van der Waals surface area contributed by atoms with Crippen molar-refractivity contribution in [3.63, 3.8) is 0 Å². The molecule has 1 rings (SSSR count). The Morgan fingerprint density at radius 3 is 2.19 bits per heavy atom. The van der Waals surface area contributed by atoms with Crippen LogP contribution in [0, 0.1) is 0 Å². The first-order valence-corrected chi connectivity index (χ1v) is 5.52. The van der Waals surface area contributed by atoms with Gasteiger partial charge in [-0.1, -0.05) is 15.9 Å². The number of ketones is 1. The Kier molecular flexibility index (Phi) is 4.76. The van der Waals surface area contributed by atoms with Gasteiger partial charge in [-0.15, -0.1) is 0 Å². The molecule has 16 heavy (non-hydrogen) atoms. The lowest BCUT2D eigenvalue weighted by atomic mass is 10.1. The van der Waals surface area contributed by atoms with Crippen LogP contribution in [0.3, 0.4) is 0 Å². The third kappa shape index (κ3) is 2.74. The summed E-state index contributed by atoms with van der Waals surface area (Å²) in [6, 6.07) is 3.48. The SMILES string of the molecule is CNCC(=O)c1c(OC)cc(Br)cc1OC. The molecule has 0 saturated heterocycles. The Balaban J connectivity index is 3.27. The fraction of sp³-hybridized carbons (Fsp3) is 0.364. The van der Waals surface area contributed by atoms with Gasteiger partial charge in [-0.3, -0.25) is 4.79 Å². The quantitative estimate of drug-likeness (QED) is 0.840. The molecule has 0 aliphatic heterocycles. The van der Waals surface area contributed by atoms with Crippen molar-refractivity contribution in [3.05, 3.63) is 22.2 Å². The molecule has 1 aromatic rings. The normalized spacial score (nSPS) is 10.0. The molecule has 4 nitrogen and oxygen atoms in total. The molecule has 0 unspecified atom stereocenters. The molecule has 5 heteroatoms. The Bertz CT molecular complexity index is 368. The number of likely N-dealkylation sites (N-methyl/N-ethyl adjacent to an activating group) is 1. The number of rotatable bonds is 5. The van der Waals surface area contributed by atoms with Crippen LogP contribution in [-0.4, -0.2) is 33.6 Å². The molecule has 0 aliphatic rings. The number of hydrogen-bond donors (Lipinski definition) is 1. The highest BCUT2D eigenvalue weighted by Gasteiger charge is 2.18. The van der Waals surface area contributed by atoms with Gasteiger partial charge in [-0.2, -0.15) is 0 Å². The van der Waals surface area contributed by atoms with E-state index in [-0.39, 0.29) is 12.3 Å². The van der Waals surface area contributed by atoms with Crippen LogP contribution in [0.25, 0.3) is 0 Å². The summed E-state index contributed by atoms with van der Waals surface area (Å²) in [5.74, 6) is 0.946. The first-order chi connectivity index (χ1) is 7.63. The zero-order valence-corrected chi connectivity index (χ0v) is 11.1. The van der Waals surface area contributed by atoms with Crippen molar-refractivity contribution in [3.8, 4) is 11.5 Å². The third-order valence-electron chi connectivity index (χ3n) is 2.09. The second-order valence-corrected chi connectivity index (χ2v) is 4.05. The highest BCUT2D eigenvalue weighted by atomic mass is 79.9. The molecule has 88 valence electrons. The van der Waals surface area contributed by atoms with Gasteiger partial charge in [-0.25, -0.2) is 0 Å². The number of carbonyl (C=O) groups excluding carboxylic acids is 1. The van der Waals surface area contributed by atoms with E-state index in [4.69, 9.17) is 9.47 Å². The summed E-state index contributed by atoms with van der Waals surface area (Å²) in [5.41, 5.74) is 0.461. The highest BCUT2D eigenvalue weighted by molar-refractivity contribution is 9.10. The van der Waals surface area contributed by atoms with Crippen molar-refractivity contribution in [2.24, 2.45) is 0 Å². The maximum Gasteiger partial charge on any atom is 0.184 e. The molecule has 0 fully saturated rings. The van der Waals surface area contributed by atoms with Crippen molar-refractivity contribution in [2.45, 2.75) is 0 Å².